The van der Waals surface area contributed by atoms with Crippen molar-refractivity contribution in [2.24, 2.45) is 0 Å². The Morgan fingerprint density at radius 1 is 1.11 bits per heavy atom. The molecule has 9 heteroatoms. The maximum atomic E-state index is 13.8. The fourth-order valence-corrected chi connectivity index (χ4v) is 5.22. The minimum absolute atomic E-state index is 0.104. The van der Waals surface area contributed by atoms with E-state index in [9.17, 15) is 9.59 Å². The van der Waals surface area contributed by atoms with E-state index in [1.165, 1.54) is 0 Å². The van der Waals surface area contributed by atoms with Gasteiger partial charge in [0.05, 0.1) is 29.1 Å². The van der Waals surface area contributed by atoms with Crippen molar-refractivity contribution in [2.75, 3.05) is 50.0 Å². The van der Waals surface area contributed by atoms with Gasteiger partial charge in [0, 0.05) is 32.4 Å². The molecule has 0 bridgehead atoms. The monoisotopic (exact) mass is 495 g/mol. The summed E-state index contributed by atoms with van der Waals surface area (Å²) in [4.78, 5) is 37.5. The average Bonchev–Trinajstić information content (AvgIpc) is 2.92. The van der Waals surface area contributed by atoms with Crippen molar-refractivity contribution >= 4 is 38.8 Å². The summed E-state index contributed by atoms with van der Waals surface area (Å²) < 4.78 is 6.43. The Morgan fingerprint density at radius 2 is 1.83 bits per heavy atom. The summed E-state index contributed by atoms with van der Waals surface area (Å²) in [5, 5.41) is 3.09. The van der Waals surface area contributed by atoms with Crippen molar-refractivity contribution in [3.8, 4) is 0 Å². The third kappa shape index (κ3) is 5.80. The molecule has 0 aliphatic carbocycles. The van der Waals surface area contributed by atoms with Crippen LogP contribution in [0.2, 0.25) is 5.04 Å². The highest BCUT2D eigenvalue weighted by Crippen LogP contribution is 2.39. The Hall–Kier alpha value is -2.59. The van der Waals surface area contributed by atoms with E-state index in [1.54, 1.807) is 29.3 Å². The molecule has 2 aromatic rings. The van der Waals surface area contributed by atoms with Gasteiger partial charge in [-0.2, -0.15) is 0 Å². The Labute approximate surface area is 210 Å². The zero-order valence-electron chi connectivity index (χ0n) is 21.7. The molecule has 1 fully saturated rings. The second-order valence-corrected chi connectivity index (χ2v) is 13.9. The first-order valence-corrected chi connectivity index (χ1v) is 13.5. The number of carbonyl (C=O) groups is 2. The summed E-state index contributed by atoms with van der Waals surface area (Å²) in [7, 11) is 1.28. The maximum Gasteiger partial charge on any atom is 0.257 e. The standard InChI is InChI=1S/C26H37N5O3Si/c1-25(2,3)35-34-26(4,5)18-9-10-19-21(16-18)31(22(32)17-30-14-12-29(6)13-15-30)23-20(28-24(19)33)8-7-11-27-23/h7-11,16H,12-15,17,35H2,1-6H3,(H,28,33). The van der Waals surface area contributed by atoms with Crippen LogP contribution < -0.4 is 10.2 Å². The number of benzene rings is 1. The summed E-state index contributed by atoms with van der Waals surface area (Å²) in [5.41, 5.74) is 1.90. The van der Waals surface area contributed by atoms with Crippen LogP contribution in [-0.4, -0.2) is 76.1 Å². The third-order valence-electron chi connectivity index (χ3n) is 6.50. The summed E-state index contributed by atoms with van der Waals surface area (Å²) >= 11 is 0. The Balaban J connectivity index is 1.74. The normalized spacial score (nSPS) is 17.8. The van der Waals surface area contributed by atoms with E-state index in [1.807, 2.05) is 26.0 Å². The van der Waals surface area contributed by atoms with Crippen LogP contribution in [0.5, 0.6) is 0 Å². The smallest absolute Gasteiger partial charge is 0.257 e. The zero-order chi connectivity index (χ0) is 25.4. The largest absolute Gasteiger partial charge is 0.415 e. The minimum atomic E-state index is -0.816. The molecular formula is C26H37N5O3Si. The minimum Gasteiger partial charge on any atom is -0.415 e. The number of rotatable bonds is 5. The Morgan fingerprint density at radius 3 is 2.51 bits per heavy atom. The number of pyridine rings is 1. The maximum absolute atomic E-state index is 13.8. The van der Waals surface area contributed by atoms with E-state index in [0.717, 1.165) is 31.7 Å². The fraction of sp³-hybridized carbons (Fsp3) is 0.500. The van der Waals surface area contributed by atoms with Crippen molar-refractivity contribution < 1.29 is 14.0 Å². The molecule has 1 aromatic carbocycles. The number of nitrogens with zero attached hydrogens (tertiary/aromatic N) is 4. The number of hydrogen-bond acceptors (Lipinski definition) is 6. The number of carbonyl (C=O) groups excluding carboxylic acids is 2. The van der Waals surface area contributed by atoms with Gasteiger partial charge < -0.3 is 14.6 Å². The van der Waals surface area contributed by atoms with Crippen molar-refractivity contribution in [3.63, 3.8) is 0 Å². The topological polar surface area (TPSA) is 78.0 Å². The lowest BCUT2D eigenvalue weighted by atomic mass is 9.95. The number of amides is 2. The summed E-state index contributed by atoms with van der Waals surface area (Å²) in [6.45, 7) is 14.4. The van der Waals surface area contributed by atoms with E-state index in [-0.39, 0.29) is 23.4 Å². The molecule has 2 aliphatic heterocycles. The number of hydrogen-bond donors (Lipinski definition) is 1. The fourth-order valence-electron chi connectivity index (χ4n) is 4.26. The lowest BCUT2D eigenvalue weighted by molar-refractivity contribution is -0.119. The van der Waals surface area contributed by atoms with Crippen LogP contribution >= 0.6 is 0 Å². The molecule has 0 spiro atoms. The van der Waals surface area contributed by atoms with E-state index in [0.29, 0.717) is 22.8 Å². The number of aromatic nitrogens is 1. The van der Waals surface area contributed by atoms with Crippen LogP contribution in [0.15, 0.2) is 36.5 Å². The molecule has 3 heterocycles. The molecule has 0 saturated carbocycles. The number of anilines is 3. The van der Waals surface area contributed by atoms with Gasteiger partial charge in [-0.1, -0.05) is 26.8 Å². The SMILES string of the molecule is CN1CCN(CC(=O)N2c3cc(C(C)(C)O[SiH2]C(C)(C)C)ccc3C(=O)Nc3cccnc32)CC1. The predicted molar refractivity (Wildman–Crippen MR) is 142 cm³/mol. The number of likely N-dealkylation sites (N-methyl/N-ethyl adjacent to an activating group) is 1. The van der Waals surface area contributed by atoms with Gasteiger partial charge >= 0.3 is 0 Å². The Kier molecular flexibility index (Phi) is 7.15. The van der Waals surface area contributed by atoms with E-state index >= 15 is 0 Å². The van der Waals surface area contributed by atoms with Gasteiger partial charge in [-0.3, -0.25) is 19.4 Å². The van der Waals surface area contributed by atoms with E-state index in [4.69, 9.17) is 4.43 Å². The van der Waals surface area contributed by atoms with Gasteiger partial charge in [-0.05, 0) is 55.8 Å². The third-order valence-corrected chi connectivity index (χ3v) is 8.23. The van der Waals surface area contributed by atoms with Crippen LogP contribution in [0.3, 0.4) is 0 Å². The average molecular weight is 496 g/mol. The molecule has 2 amide bonds. The molecule has 188 valence electrons. The van der Waals surface area contributed by atoms with Gasteiger partial charge in [0.1, 0.15) is 0 Å². The second kappa shape index (κ2) is 9.81. The quantitative estimate of drug-likeness (QED) is 0.643. The molecule has 0 atom stereocenters. The first kappa shape index (κ1) is 25.5. The highest BCUT2D eigenvalue weighted by atomic mass is 28.2. The molecule has 0 radical (unpaired) electrons. The van der Waals surface area contributed by atoms with Crippen LogP contribution in [0.1, 0.15) is 50.5 Å². The molecule has 0 unspecified atom stereocenters. The lowest BCUT2D eigenvalue weighted by Gasteiger charge is -2.34. The van der Waals surface area contributed by atoms with E-state index in [2.05, 4.69) is 47.9 Å². The molecule has 1 N–H and O–H groups in total. The van der Waals surface area contributed by atoms with Gasteiger partial charge in [-0.15, -0.1) is 0 Å². The van der Waals surface area contributed by atoms with Crippen LogP contribution in [0, 0.1) is 0 Å². The van der Waals surface area contributed by atoms with Gasteiger partial charge in [0.15, 0.2) is 15.6 Å². The molecule has 2 aliphatic rings. The highest BCUT2D eigenvalue weighted by molar-refractivity contribution is 6.31. The highest BCUT2D eigenvalue weighted by Gasteiger charge is 2.34. The summed E-state index contributed by atoms with van der Waals surface area (Å²) in [5.74, 6) is 0.0874. The first-order valence-electron chi connectivity index (χ1n) is 12.2. The molecule has 4 rings (SSSR count). The van der Waals surface area contributed by atoms with Gasteiger partial charge in [0.2, 0.25) is 5.91 Å². The number of piperazine rings is 1. The molecule has 8 nitrogen and oxygen atoms in total. The molecular weight excluding hydrogens is 458 g/mol. The van der Waals surface area contributed by atoms with Crippen LogP contribution in [-0.2, 0) is 14.8 Å². The van der Waals surface area contributed by atoms with Crippen molar-refractivity contribution in [2.45, 2.75) is 45.3 Å². The van der Waals surface area contributed by atoms with Crippen molar-refractivity contribution in [1.29, 1.82) is 0 Å². The van der Waals surface area contributed by atoms with E-state index < -0.39 is 15.4 Å². The second-order valence-electron chi connectivity index (χ2n) is 11.2. The molecule has 35 heavy (non-hydrogen) atoms. The molecule has 1 saturated heterocycles. The van der Waals surface area contributed by atoms with Gasteiger partial charge in [0.25, 0.3) is 5.91 Å². The van der Waals surface area contributed by atoms with Crippen LogP contribution in [0.4, 0.5) is 17.2 Å². The summed E-state index contributed by atoms with van der Waals surface area (Å²) in [6, 6.07) is 9.20. The number of nitrogens with one attached hydrogen (secondary N) is 1. The molecule has 1 aromatic heterocycles. The van der Waals surface area contributed by atoms with Crippen molar-refractivity contribution in [3.05, 3.63) is 47.7 Å². The lowest BCUT2D eigenvalue weighted by Crippen LogP contribution is -2.48. The summed E-state index contributed by atoms with van der Waals surface area (Å²) in [6.07, 6.45) is 1.65. The Bertz CT molecular complexity index is 1110. The predicted octanol–water partition coefficient (Wildman–Crippen LogP) is 3.11. The van der Waals surface area contributed by atoms with Crippen molar-refractivity contribution in [1.82, 2.24) is 14.8 Å². The van der Waals surface area contributed by atoms with Gasteiger partial charge in [-0.25, -0.2) is 4.98 Å². The zero-order valence-corrected chi connectivity index (χ0v) is 23.1. The van der Waals surface area contributed by atoms with Crippen LogP contribution in [0.25, 0.3) is 0 Å². The first-order chi connectivity index (χ1) is 16.4. The number of fused-ring (bicyclic) bond motifs is 2.